The molecule has 0 bridgehead atoms. The van der Waals surface area contributed by atoms with Crippen molar-refractivity contribution in [2.75, 3.05) is 5.32 Å². The highest BCUT2D eigenvalue weighted by atomic mass is 32.1. The van der Waals surface area contributed by atoms with Gasteiger partial charge in [-0.05, 0) is 37.7 Å². The number of thiophene rings is 1. The zero-order valence-corrected chi connectivity index (χ0v) is 14.1. The van der Waals surface area contributed by atoms with Gasteiger partial charge in [-0.3, -0.25) is 9.89 Å². The highest BCUT2D eigenvalue weighted by molar-refractivity contribution is 7.10. The van der Waals surface area contributed by atoms with Gasteiger partial charge in [-0.15, -0.1) is 11.3 Å². The molecule has 0 saturated heterocycles. The Morgan fingerprint density at radius 3 is 3.09 bits per heavy atom. The molecule has 1 aliphatic rings. The van der Waals surface area contributed by atoms with E-state index in [9.17, 15) is 4.79 Å². The van der Waals surface area contributed by atoms with Gasteiger partial charge in [-0.1, -0.05) is 6.92 Å². The molecule has 0 radical (unpaired) electrons. The van der Waals surface area contributed by atoms with Gasteiger partial charge in [0.05, 0.1) is 16.6 Å². The second-order valence-electron chi connectivity index (χ2n) is 5.93. The maximum atomic E-state index is 12.7. The first-order chi connectivity index (χ1) is 11.2. The van der Waals surface area contributed by atoms with Crippen molar-refractivity contribution < 1.29 is 4.79 Å². The molecule has 2 N–H and O–H groups in total. The maximum absolute atomic E-state index is 12.7. The topological polar surface area (TPSA) is 75.6 Å². The predicted octanol–water partition coefficient (Wildman–Crippen LogP) is 3.05. The van der Waals surface area contributed by atoms with Crippen LogP contribution in [0.25, 0.3) is 11.0 Å². The molecule has 0 aliphatic heterocycles. The second-order valence-corrected chi connectivity index (χ2v) is 6.90. The summed E-state index contributed by atoms with van der Waals surface area (Å²) in [5.41, 5.74) is 3.76. The van der Waals surface area contributed by atoms with E-state index in [1.165, 1.54) is 23.3 Å². The third-order valence-electron chi connectivity index (χ3n) is 4.49. The molecule has 1 aliphatic carbocycles. The molecule has 0 fully saturated rings. The quantitative estimate of drug-likeness (QED) is 0.775. The lowest BCUT2D eigenvalue weighted by Gasteiger charge is -2.12. The van der Waals surface area contributed by atoms with Crippen LogP contribution in [0.2, 0.25) is 0 Å². The maximum Gasteiger partial charge on any atom is 0.257 e. The normalized spacial score (nSPS) is 14.2. The lowest BCUT2D eigenvalue weighted by atomic mass is 9.95. The highest BCUT2D eigenvalue weighted by Crippen LogP contribution is 2.31. The molecule has 0 saturated carbocycles. The number of nitrogens with one attached hydrogen (secondary N) is 2. The lowest BCUT2D eigenvalue weighted by Crippen LogP contribution is -2.15. The van der Waals surface area contributed by atoms with Crippen molar-refractivity contribution in [2.45, 2.75) is 39.0 Å². The fraction of sp³-hybridized carbons (Fsp3) is 0.438. The van der Waals surface area contributed by atoms with E-state index in [4.69, 9.17) is 0 Å². The van der Waals surface area contributed by atoms with Crippen molar-refractivity contribution in [1.82, 2.24) is 20.0 Å². The summed E-state index contributed by atoms with van der Waals surface area (Å²) in [6.45, 7) is 2.05. The number of carbonyl (C=O) groups excluding carboxylic acids is 1. The number of amides is 1. The van der Waals surface area contributed by atoms with Gasteiger partial charge in [-0.2, -0.15) is 10.2 Å². The standard InChI is InChI=1S/C16H19N5OS/c1-3-11-13-14(18-19-15(13)21(2)20-11)17-16(22)10-8-23-12-7-5-4-6-9(10)12/h8H,3-7H2,1-2H3,(H2,17,18,19,22). The first-order valence-electron chi connectivity index (χ1n) is 7.99. The number of hydrogen-bond donors (Lipinski definition) is 2. The summed E-state index contributed by atoms with van der Waals surface area (Å²) >= 11 is 1.71. The summed E-state index contributed by atoms with van der Waals surface area (Å²) in [6.07, 6.45) is 5.30. The number of hydrogen-bond acceptors (Lipinski definition) is 4. The zero-order valence-electron chi connectivity index (χ0n) is 13.3. The number of aryl methyl sites for hydroxylation is 3. The number of nitrogens with zero attached hydrogens (tertiary/aromatic N) is 3. The lowest BCUT2D eigenvalue weighted by molar-refractivity contribution is 0.102. The summed E-state index contributed by atoms with van der Waals surface area (Å²) in [7, 11) is 1.86. The van der Waals surface area contributed by atoms with Crippen LogP contribution in [-0.2, 0) is 26.3 Å². The van der Waals surface area contributed by atoms with Crippen molar-refractivity contribution >= 4 is 34.1 Å². The first kappa shape index (κ1) is 14.4. The van der Waals surface area contributed by atoms with Crippen molar-refractivity contribution in [3.05, 3.63) is 27.1 Å². The second kappa shape index (κ2) is 5.49. The highest BCUT2D eigenvalue weighted by Gasteiger charge is 2.22. The van der Waals surface area contributed by atoms with E-state index in [1.807, 2.05) is 12.4 Å². The summed E-state index contributed by atoms with van der Waals surface area (Å²) in [5, 5.41) is 17.6. The van der Waals surface area contributed by atoms with E-state index in [1.54, 1.807) is 16.0 Å². The van der Waals surface area contributed by atoms with Gasteiger partial charge in [0.15, 0.2) is 5.65 Å². The summed E-state index contributed by atoms with van der Waals surface area (Å²) in [6, 6.07) is 0. The Bertz CT molecular complexity index is 888. The molecule has 3 aromatic rings. The van der Waals surface area contributed by atoms with Gasteiger partial charge in [0.2, 0.25) is 0 Å². The van der Waals surface area contributed by atoms with E-state index in [0.29, 0.717) is 5.82 Å². The molecule has 3 heterocycles. The van der Waals surface area contributed by atoms with Crippen molar-refractivity contribution in [2.24, 2.45) is 7.05 Å². The Labute approximate surface area is 137 Å². The van der Waals surface area contributed by atoms with Crippen LogP contribution >= 0.6 is 11.3 Å². The SMILES string of the molecule is CCc1nn(C)c2n[nH]c(NC(=O)c3csc4c3CCCC4)c12. The Kier molecular flexibility index (Phi) is 3.45. The molecule has 7 heteroatoms. The van der Waals surface area contributed by atoms with Crippen LogP contribution in [0.4, 0.5) is 5.82 Å². The molecule has 23 heavy (non-hydrogen) atoms. The smallest absolute Gasteiger partial charge is 0.257 e. The molecule has 3 aromatic heterocycles. The van der Waals surface area contributed by atoms with Crippen molar-refractivity contribution in [3.8, 4) is 0 Å². The van der Waals surface area contributed by atoms with Crippen molar-refractivity contribution in [1.29, 1.82) is 0 Å². The molecule has 6 nitrogen and oxygen atoms in total. The fourth-order valence-electron chi connectivity index (χ4n) is 3.32. The van der Waals surface area contributed by atoms with Crippen LogP contribution in [0.5, 0.6) is 0 Å². The van der Waals surface area contributed by atoms with Crippen LogP contribution in [0.15, 0.2) is 5.38 Å². The average molecular weight is 329 g/mol. The van der Waals surface area contributed by atoms with Gasteiger partial charge in [-0.25, -0.2) is 4.68 Å². The minimum Gasteiger partial charge on any atom is -0.306 e. The van der Waals surface area contributed by atoms with Crippen LogP contribution in [0.1, 0.15) is 46.3 Å². The molecule has 0 unspecified atom stereocenters. The van der Waals surface area contributed by atoms with Gasteiger partial charge in [0.25, 0.3) is 5.91 Å². The molecule has 0 atom stereocenters. The van der Waals surface area contributed by atoms with Crippen LogP contribution in [0.3, 0.4) is 0 Å². The number of fused-ring (bicyclic) bond motifs is 2. The minimum absolute atomic E-state index is 0.0548. The number of rotatable bonds is 3. The van der Waals surface area contributed by atoms with E-state index in [0.717, 1.165) is 41.6 Å². The van der Waals surface area contributed by atoms with Gasteiger partial charge >= 0.3 is 0 Å². The van der Waals surface area contributed by atoms with Crippen LogP contribution in [-0.4, -0.2) is 25.9 Å². The minimum atomic E-state index is -0.0548. The average Bonchev–Trinajstić information content (AvgIpc) is 3.23. The van der Waals surface area contributed by atoms with Crippen LogP contribution in [0, 0.1) is 0 Å². The number of aromatic amines is 1. The number of aromatic nitrogens is 4. The first-order valence-corrected chi connectivity index (χ1v) is 8.87. The summed E-state index contributed by atoms with van der Waals surface area (Å²) in [4.78, 5) is 14.1. The number of carbonyl (C=O) groups is 1. The monoisotopic (exact) mass is 329 g/mol. The molecule has 1 amide bonds. The Morgan fingerprint density at radius 1 is 1.43 bits per heavy atom. The number of H-pyrrole nitrogens is 1. The van der Waals surface area contributed by atoms with E-state index < -0.39 is 0 Å². The van der Waals surface area contributed by atoms with Gasteiger partial charge in [0.1, 0.15) is 5.82 Å². The van der Waals surface area contributed by atoms with Gasteiger partial charge < -0.3 is 5.32 Å². The zero-order chi connectivity index (χ0) is 16.0. The molecule has 120 valence electrons. The molecule has 0 spiro atoms. The molecule has 4 rings (SSSR count). The summed E-state index contributed by atoms with van der Waals surface area (Å²) < 4.78 is 1.74. The van der Waals surface area contributed by atoms with E-state index in [-0.39, 0.29) is 5.91 Å². The van der Waals surface area contributed by atoms with E-state index in [2.05, 4.69) is 27.5 Å². The molecular weight excluding hydrogens is 310 g/mol. The predicted molar refractivity (Wildman–Crippen MR) is 91.2 cm³/mol. The Balaban J connectivity index is 1.68. The third-order valence-corrected chi connectivity index (χ3v) is 5.58. The molecule has 0 aromatic carbocycles. The van der Waals surface area contributed by atoms with Gasteiger partial charge in [0, 0.05) is 17.3 Å². The van der Waals surface area contributed by atoms with E-state index >= 15 is 0 Å². The fourth-order valence-corrected chi connectivity index (χ4v) is 4.45. The third kappa shape index (κ3) is 2.26. The Hall–Kier alpha value is -2.15. The van der Waals surface area contributed by atoms with Crippen molar-refractivity contribution in [3.63, 3.8) is 0 Å². The molecular formula is C16H19N5OS. The van der Waals surface area contributed by atoms with Crippen LogP contribution < -0.4 is 5.32 Å². The largest absolute Gasteiger partial charge is 0.306 e. The number of anilines is 1. The Morgan fingerprint density at radius 2 is 2.26 bits per heavy atom. The summed E-state index contributed by atoms with van der Waals surface area (Å²) in [5.74, 6) is 0.589.